The van der Waals surface area contributed by atoms with Crippen LogP contribution in [-0.2, 0) is 4.74 Å². The van der Waals surface area contributed by atoms with Crippen molar-refractivity contribution in [1.82, 2.24) is 9.88 Å². The molecule has 142 valence electrons. The predicted molar refractivity (Wildman–Crippen MR) is 93.6 cm³/mol. The molecule has 3 heterocycles. The summed E-state index contributed by atoms with van der Waals surface area (Å²) in [5.74, 6) is -1.56. The van der Waals surface area contributed by atoms with E-state index in [0.29, 0.717) is 37.4 Å². The van der Waals surface area contributed by atoms with Crippen LogP contribution >= 0.6 is 0 Å². The Morgan fingerprint density at radius 3 is 2.85 bits per heavy atom. The van der Waals surface area contributed by atoms with Crippen LogP contribution in [0.3, 0.4) is 0 Å². The van der Waals surface area contributed by atoms with Crippen molar-refractivity contribution in [2.75, 3.05) is 19.7 Å². The van der Waals surface area contributed by atoms with Crippen LogP contribution in [0, 0.1) is 18.6 Å². The number of rotatable bonds is 3. The normalized spacial score (nSPS) is 21.0. The van der Waals surface area contributed by atoms with Gasteiger partial charge in [-0.2, -0.15) is 0 Å². The van der Waals surface area contributed by atoms with Crippen molar-refractivity contribution in [2.45, 2.75) is 31.5 Å². The minimum atomic E-state index is -1.02. The molecule has 2 saturated heterocycles. The van der Waals surface area contributed by atoms with E-state index in [-0.39, 0.29) is 17.6 Å². The fraction of sp³-hybridized carbons (Fsp3) is 0.400. The van der Waals surface area contributed by atoms with Gasteiger partial charge >= 0.3 is 0 Å². The zero-order valence-electron chi connectivity index (χ0n) is 15.0. The van der Waals surface area contributed by atoms with Gasteiger partial charge in [0.2, 0.25) is 0 Å². The number of hydrogen-bond donors (Lipinski definition) is 0. The quantitative estimate of drug-likeness (QED) is 0.828. The first kappa shape index (κ1) is 17.9. The number of carbonyl (C=O) groups excluding carboxylic acids is 1. The van der Waals surface area contributed by atoms with Gasteiger partial charge in [0.1, 0.15) is 17.5 Å². The van der Waals surface area contributed by atoms with E-state index >= 15 is 0 Å². The molecule has 2 aromatic rings. The highest BCUT2D eigenvalue weighted by atomic mass is 19.2. The van der Waals surface area contributed by atoms with E-state index in [0.717, 1.165) is 18.6 Å². The summed E-state index contributed by atoms with van der Waals surface area (Å²) < 4.78 is 38.7. The predicted octanol–water partition coefficient (Wildman–Crippen LogP) is 3.12. The van der Waals surface area contributed by atoms with Crippen molar-refractivity contribution in [1.29, 1.82) is 0 Å². The largest absolute Gasteiger partial charge is 0.489 e. The minimum Gasteiger partial charge on any atom is -0.489 e. The molecule has 2 fully saturated rings. The van der Waals surface area contributed by atoms with Gasteiger partial charge in [0.25, 0.3) is 5.91 Å². The first-order valence-electron chi connectivity index (χ1n) is 8.91. The van der Waals surface area contributed by atoms with Crippen LogP contribution < -0.4 is 4.74 Å². The molecule has 7 heteroatoms. The Kier molecular flexibility index (Phi) is 4.55. The lowest BCUT2D eigenvalue weighted by Crippen LogP contribution is -2.67. The number of likely N-dealkylation sites (tertiary alicyclic amines) is 1. The topological polar surface area (TPSA) is 51.7 Å². The number of carbonyl (C=O) groups is 1. The number of hydrogen-bond acceptors (Lipinski definition) is 4. The molecule has 1 aromatic carbocycles. The van der Waals surface area contributed by atoms with E-state index in [2.05, 4.69) is 4.98 Å². The summed E-state index contributed by atoms with van der Waals surface area (Å²) in [6.45, 7) is 2.98. The van der Waals surface area contributed by atoms with E-state index in [1.54, 1.807) is 24.2 Å². The summed E-state index contributed by atoms with van der Waals surface area (Å²) in [5, 5.41) is 0. The SMILES string of the molecule is Cc1cc(F)c(F)cc1C(=O)N1CC2(C[C@@H](Oc3cccnc3)CCO2)C1. The van der Waals surface area contributed by atoms with E-state index in [4.69, 9.17) is 9.47 Å². The maximum absolute atomic E-state index is 13.5. The molecule has 0 N–H and O–H groups in total. The Balaban J connectivity index is 1.40. The molecule has 1 amide bonds. The maximum atomic E-state index is 13.5. The highest BCUT2D eigenvalue weighted by Crippen LogP contribution is 2.36. The second-order valence-electron chi connectivity index (χ2n) is 7.20. The summed E-state index contributed by atoms with van der Waals surface area (Å²) in [6.07, 6.45) is 4.79. The highest BCUT2D eigenvalue weighted by Gasteiger charge is 2.50. The lowest BCUT2D eigenvalue weighted by atomic mass is 9.84. The third-order valence-corrected chi connectivity index (χ3v) is 5.13. The average molecular weight is 374 g/mol. The zero-order valence-corrected chi connectivity index (χ0v) is 15.0. The molecule has 2 aliphatic rings. The summed E-state index contributed by atoms with van der Waals surface area (Å²) in [5.41, 5.74) is 0.165. The molecule has 0 radical (unpaired) electrons. The van der Waals surface area contributed by atoms with Gasteiger partial charge in [-0.15, -0.1) is 0 Å². The van der Waals surface area contributed by atoms with Gasteiger partial charge in [-0.1, -0.05) is 0 Å². The Hall–Kier alpha value is -2.54. The van der Waals surface area contributed by atoms with E-state index < -0.39 is 17.2 Å². The van der Waals surface area contributed by atoms with Crippen LogP contribution in [0.2, 0.25) is 0 Å². The number of ether oxygens (including phenoxy) is 2. The second-order valence-corrected chi connectivity index (χ2v) is 7.20. The number of pyridine rings is 1. The Bertz CT molecular complexity index is 854. The van der Waals surface area contributed by atoms with Gasteiger partial charge < -0.3 is 14.4 Å². The number of benzene rings is 1. The van der Waals surface area contributed by atoms with E-state index in [9.17, 15) is 13.6 Å². The highest BCUT2D eigenvalue weighted by molar-refractivity contribution is 5.96. The van der Waals surface area contributed by atoms with E-state index in [1.165, 1.54) is 0 Å². The number of amides is 1. The Morgan fingerprint density at radius 2 is 2.11 bits per heavy atom. The zero-order chi connectivity index (χ0) is 19.0. The number of nitrogens with zero attached hydrogens (tertiary/aromatic N) is 2. The fourth-order valence-corrected chi connectivity index (χ4v) is 3.75. The first-order chi connectivity index (χ1) is 13.0. The molecular formula is C20H20F2N2O3. The first-order valence-corrected chi connectivity index (χ1v) is 8.91. The van der Waals surface area contributed by atoms with Crippen molar-refractivity contribution < 1.29 is 23.0 Å². The van der Waals surface area contributed by atoms with Crippen LogP contribution in [0.25, 0.3) is 0 Å². The average Bonchev–Trinajstić information content (AvgIpc) is 2.63. The monoisotopic (exact) mass is 374 g/mol. The molecule has 2 aliphatic heterocycles. The van der Waals surface area contributed by atoms with Crippen LogP contribution in [0.4, 0.5) is 8.78 Å². The smallest absolute Gasteiger partial charge is 0.254 e. The van der Waals surface area contributed by atoms with Crippen LogP contribution in [0.1, 0.15) is 28.8 Å². The summed E-state index contributed by atoms with van der Waals surface area (Å²) >= 11 is 0. The molecule has 1 aromatic heterocycles. The number of aromatic nitrogens is 1. The second kappa shape index (κ2) is 6.88. The van der Waals surface area contributed by atoms with Crippen molar-refractivity contribution >= 4 is 5.91 Å². The maximum Gasteiger partial charge on any atom is 0.254 e. The Morgan fingerprint density at radius 1 is 1.33 bits per heavy atom. The lowest BCUT2D eigenvalue weighted by Gasteiger charge is -2.53. The van der Waals surface area contributed by atoms with Crippen molar-refractivity contribution in [3.05, 3.63) is 59.4 Å². The summed E-state index contributed by atoms with van der Waals surface area (Å²) in [4.78, 5) is 18.3. The third kappa shape index (κ3) is 3.51. The van der Waals surface area contributed by atoms with Crippen molar-refractivity contribution in [3.8, 4) is 5.75 Å². The molecule has 0 aliphatic carbocycles. The summed E-state index contributed by atoms with van der Waals surface area (Å²) in [7, 11) is 0. The lowest BCUT2D eigenvalue weighted by molar-refractivity contribution is -0.173. The molecule has 1 spiro atoms. The molecule has 4 rings (SSSR count). The van der Waals surface area contributed by atoms with Gasteiger partial charge in [-0.05, 0) is 36.8 Å². The van der Waals surface area contributed by atoms with E-state index in [1.807, 2.05) is 12.1 Å². The van der Waals surface area contributed by atoms with Crippen LogP contribution in [0.15, 0.2) is 36.7 Å². The van der Waals surface area contributed by atoms with Gasteiger partial charge in [-0.25, -0.2) is 8.78 Å². The van der Waals surface area contributed by atoms with Crippen molar-refractivity contribution in [3.63, 3.8) is 0 Å². The Labute approximate surface area is 155 Å². The minimum absolute atomic E-state index is 0.00907. The van der Waals surface area contributed by atoms with Crippen LogP contribution in [-0.4, -0.2) is 47.2 Å². The molecule has 0 bridgehead atoms. The molecule has 27 heavy (non-hydrogen) atoms. The molecule has 1 atom stereocenters. The van der Waals surface area contributed by atoms with Gasteiger partial charge in [0, 0.05) is 24.6 Å². The molecule has 5 nitrogen and oxygen atoms in total. The summed E-state index contributed by atoms with van der Waals surface area (Å²) in [6, 6.07) is 5.69. The number of halogens is 2. The number of aryl methyl sites for hydroxylation is 1. The third-order valence-electron chi connectivity index (χ3n) is 5.13. The van der Waals surface area contributed by atoms with Gasteiger partial charge in [0.15, 0.2) is 11.6 Å². The molecule has 0 saturated carbocycles. The standard InChI is InChI=1S/C20H20F2N2O3/c1-13-7-17(21)18(22)8-16(13)19(25)24-11-20(12-24)9-14(4-6-26-20)27-15-3-2-5-23-10-15/h2-3,5,7-8,10,14H,4,6,9,11-12H2,1H3/t14-/m0/s1. The fourth-order valence-electron chi connectivity index (χ4n) is 3.75. The van der Waals surface area contributed by atoms with Gasteiger partial charge in [0.05, 0.1) is 25.9 Å². The van der Waals surface area contributed by atoms with Gasteiger partial charge in [-0.3, -0.25) is 9.78 Å². The molecule has 0 unspecified atom stereocenters. The molecular weight excluding hydrogens is 354 g/mol. The van der Waals surface area contributed by atoms with Crippen LogP contribution in [0.5, 0.6) is 5.75 Å². The van der Waals surface area contributed by atoms with Crippen molar-refractivity contribution in [2.24, 2.45) is 0 Å².